The Balaban J connectivity index is 2.04. The van der Waals surface area contributed by atoms with Gasteiger partial charge in [-0.3, -0.25) is 4.98 Å². The van der Waals surface area contributed by atoms with Gasteiger partial charge in [0.25, 0.3) is 0 Å². The van der Waals surface area contributed by atoms with Crippen LogP contribution in [-0.2, 0) is 0 Å². The third-order valence-corrected chi connectivity index (χ3v) is 4.71. The molecule has 0 aliphatic heterocycles. The summed E-state index contributed by atoms with van der Waals surface area (Å²) in [6, 6.07) is 6.34. The Bertz CT molecular complexity index is 652. The zero-order valence-corrected chi connectivity index (χ0v) is 15.8. The molecule has 0 radical (unpaired) electrons. The van der Waals surface area contributed by atoms with Crippen molar-refractivity contribution in [2.45, 2.75) is 78.1 Å². The fourth-order valence-corrected chi connectivity index (χ4v) is 2.97. The average Bonchev–Trinajstić information content (AvgIpc) is 2.59. The quantitative estimate of drug-likeness (QED) is 0.701. The Morgan fingerprint density at radius 3 is 2.17 bits per heavy atom. The Morgan fingerprint density at radius 2 is 1.50 bits per heavy atom. The minimum atomic E-state index is 0.381. The van der Waals surface area contributed by atoms with Crippen LogP contribution in [0.5, 0.6) is 0 Å². The standard InChI is InChI=1S/C20H30N4/c1-13(2)17-8-7-11-21-20(17)16(6)10-9-15(5)19-12-18(14(3)4)22-24-23-19/h7-8,11-16H,9-10H2,1-6H3. The van der Waals surface area contributed by atoms with Crippen LogP contribution in [0.2, 0.25) is 0 Å². The van der Waals surface area contributed by atoms with E-state index in [9.17, 15) is 0 Å². The molecule has 24 heavy (non-hydrogen) atoms. The Hall–Kier alpha value is -1.84. The molecular formula is C20H30N4. The molecular weight excluding hydrogens is 296 g/mol. The Morgan fingerprint density at radius 1 is 0.833 bits per heavy atom. The summed E-state index contributed by atoms with van der Waals surface area (Å²) in [6.45, 7) is 13.2. The van der Waals surface area contributed by atoms with E-state index in [1.54, 1.807) is 0 Å². The van der Waals surface area contributed by atoms with Crippen molar-refractivity contribution in [1.82, 2.24) is 20.4 Å². The van der Waals surface area contributed by atoms with Crippen LogP contribution >= 0.6 is 0 Å². The molecule has 2 unspecified atom stereocenters. The van der Waals surface area contributed by atoms with Gasteiger partial charge in [0, 0.05) is 17.8 Å². The molecule has 0 spiro atoms. The van der Waals surface area contributed by atoms with Crippen LogP contribution in [0.3, 0.4) is 0 Å². The maximum Gasteiger partial charge on any atom is 0.0695 e. The predicted molar refractivity (Wildman–Crippen MR) is 98.3 cm³/mol. The van der Waals surface area contributed by atoms with Crippen LogP contribution in [-0.4, -0.2) is 20.4 Å². The van der Waals surface area contributed by atoms with Crippen LogP contribution in [0.4, 0.5) is 0 Å². The normalized spacial score (nSPS) is 14.2. The zero-order chi connectivity index (χ0) is 17.7. The average molecular weight is 326 g/mol. The SMILES string of the molecule is CC(C)c1cc(C(C)CCC(C)c2ncccc2C(C)C)nnn1. The highest BCUT2D eigenvalue weighted by Crippen LogP contribution is 2.30. The molecule has 2 atom stereocenters. The molecule has 4 nitrogen and oxygen atoms in total. The second kappa shape index (κ2) is 8.32. The van der Waals surface area contributed by atoms with Crippen molar-refractivity contribution in [3.8, 4) is 0 Å². The summed E-state index contributed by atoms with van der Waals surface area (Å²) in [5, 5.41) is 12.3. The first kappa shape index (κ1) is 18.5. The number of hydrogen-bond acceptors (Lipinski definition) is 4. The van der Waals surface area contributed by atoms with Gasteiger partial charge in [0.15, 0.2) is 0 Å². The number of nitrogens with zero attached hydrogens (tertiary/aromatic N) is 4. The van der Waals surface area contributed by atoms with Crippen molar-refractivity contribution in [2.24, 2.45) is 0 Å². The maximum absolute atomic E-state index is 4.65. The van der Waals surface area contributed by atoms with Gasteiger partial charge in [0.05, 0.1) is 11.4 Å². The molecule has 0 aromatic carbocycles. The predicted octanol–water partition coefficient (Wildman–Crippen LogP) is 5.20. The van der Waals surface area contributed by atoms with E-state index < -0.39 is 0 Å². The Labute approximate surface area is 146 Å². The molecule has 0 amide bonds. The summed E-state index contributed by atoms with van der Waals surface area (Å²) >= 11 is 0. The van der Waals surface area contributed by atoms with E-state index in [0.29, 0.717) is 23.7 Å². The van der Waals surface area contributed by atoms with Gasteiger partial charge in [0.2, 0.25) is 0 Å². The van der Waals surface area contributed by atoms with Crippen molar-refractivity contribution in [1.29, 1.82) is 0 Å². The lowest BCUT2D eigenvalue weighted by atomic mass is 9.89. The van der Waals surface area contributed by atoms with Gasteiger partial charge in [-0.2, -0.15) is 0 Å². The minimum absolute atomic E-state index is 0.381. The lowest BCUT2D eigenvalue weighted by Gasteiger charge is -2.19. The molecule has 0 aliphatic rings. The topological polar surface area (TPSA) is 51.6 Å². The highest BCUT2D eigenvalue weighted by Gasteiger charge is 2.17. The highest BCUT2D eigenvalue weighted by atomic mass is 15.3. The highest BCUT2D eigenvalue weighted by molar-refractivity contribution is 5.26. The number of rotatable bonds is 7. The summed E-state index contributed by atoms with van der Waals surface area (Å²) in [5.41, 5.74) is 4.67. The third kappa shape index (κ3) is 4.59. The van der Waals surface area contributed by atoms with E-state index in [1.807, 2.05) is 12.3 Å². The van der Waals surface area contributed by atoms with Crippen LogP contribution in [0.1, 0.15) is 101 Å². The molecule has 2 heterocycles. The number of hydrogen-bond donors (Lipinski definition) is 0. The molecule has 4 heteroatoms. The van der Waals surface area contributed by atoms with Gasteiger partial charge in [-0.05, 0) is 53.5 Å². The van der Waals surface area contributed by atoms with Crippen molar-refractivity contribution < 1.29 is 0 Å². The van der Waals surface area contributed by atoms with E-state index in [1.165, 1.54) is 11.3 Å². The molecule has 2 rings (SSSR count). The van der Waals surface area contributed by atoms with Gasteiger partial charge < -0.3 is 0 Å². The van der Waals surface area contributed by atoms with E-state index in [0.717, 1.165) is 24.2 Å². The van der Waals surface area contributed by atoms with Gasteiger partial charge in [0.1, 0.15) is 0 Å². The molecule has 2 aromatic rings. The van der Waals surface area contributed by atoms with Crippen LogP contribution in [0.15, 0.2) is 24.4 Å². The molecule has 0 aliphatic carbocycles. The van der Waals surface area contributed by atoms with Crippen LogP contribution in [0, 0.1) is 0 Å². The second-order valence-electron chi connectivity index (χ2n) is 7.45. The molecule has 0 fully saturated rings. The smallest absolute Gasteiger partial charge is 0.0695 e. The lowest BCUT2D eigenvalue weighted by molar-refractivity contribution is 0.542. The summed E-state index contributed by atoms with van der Waals surface area (Å²) in [4.78, 5) is 4.65. The molecule has 2 aromatic heterocycles. The zero-order valence-electron chi connectivity index (χ0n) is 15.8. The van der Waals surface area contributed by atoms with Crippen molar-refractivity contribution in [3.63, 3.8) is 0 Å². The van der Waals surface area contributed by atoms with Crippen LogP contribution in [0.25, 0.3) is 0 Å². The van der Waals surface area contributed by atoms with Crippen LogP contribution < -0.4 is 0 Å². The largest absolute Gasteiger partial charge is 0.261 e. The monoisotopic (exact) mass is 326 g/mol. The first-order chi connectivity index (χ1) is 11.4. The Kier molecular flexibility index (Phi) is 6.41. The summed E-state index contributed by atoms with van der Waals surface area (Å²) in [7, 11) is 0. The summed E-state index contributed by atoms with van der Waals surface area (Å²) in [5.74, 6) is 1.72. The van der Waals surface area contributed by atoms with E-state index in [4.69, 9.17) is 0 Å². The van der Waals surface area contributed by atoms with E-state index in [2.05, 4.69) is 74.1 Å². The van der Waals surface area contributed by atoms with Crippen molar-refractivity contribution in [3.05, 3.63) is 47.0 Å². The fourth-order valence-electron chi connectivity index (χ4n) is 2.97. The van der Waals surface area contributed by atoms with Crippen molar-refractivity contribution >= 4 is 0 Å². The van der Waals surface area contributed by atoms with E-state index >= 15 is 0 Å². The summed E-state index contributed by atoms with van der Waals surface area (Å²) < 4.78 is 0. The first-order valence-corrected chi connectivity index (χ1v) is 9.05. The second-order valence-corrected chi connectivity index (χ2v) is 7.45. The lowest BCUT2D eigenvalue weighted by Crippen LogP contribution is -2.08. The number of pyridine rings is 1. The van der Waals surface area contributed by atoms with Gasteiger partial charge in [-0.1, -0.05) is 47.6 Å². The molecule has 0 N–H and O–H groups in total. The molecule has 0 saturated carbocycles. The maximum atomic E-state index is 4.65. The minimum Gasteiger partial charge on any atom is -0.261 e. The molecule has 130 valence electrons. The van der Waals surface area contributed by atoms with Gasteiger partial charge in [-0.25, -0.2) is 0 Å². The number of aromatic nitrogens is 4. The molecule has 0 saturated heterocycles. The third-order valence-electron chi connectivity index (χ3n) is 4.71. The first-order valence-electron chi connectivity index (χ1n) is 9.05. The summed E-state index contributed by atoms with van der Waals surface area (Å²) in [6.07, 6.45) is 4.08. The van der Waals surface area contributed by atoms with Gasteiger partial charge >= 0.3 is 0 Å². The molecule has 0 bridgehead atoms. The van der Waals surface area contributed by atoms with Gasteiger partial charge in [-0.15, -0.1) is 10.2 Å². The van der Waals surface area contributed by atoms with Crippen molar-refractivity contribution in [2.75, 3.05) is 0 Å². The fraction of sp³-hybridized carbons (Fsp3) is 0.600. The van der Waals surface area contributed by atoms with E-state index in [-0.39, 0.29) is 0 Å².